The molecule has 0 aliphatic carbocycles. The molecule has 0 fully saturated rings. The lowest BCUT2D eigenvalue weighted by atomic mass is 10.2. The van der Waals surface area contributed by atoms with Crippen LogP contribution in [-0.2, 0) is 13.0 Å². The van der Waals surface area contributed by atoms with Gasteiger partial charge >= 0.3 is 0 Å². The molecule has 0 aliphatic heterocycles. The maximum Gasteiger partial charge on any atom is 0.141 e. The molecule has 114 valence electrons. The van der Waals surface area contributed by atoms with Gasteiger partial charge in [0.1, 0.15) is 23.4 Å². The van der Waals surface area contributed by atoms with Gasteiger partial charge in [-0.15, -0.1) is 0 Å². The second-order valence-electron chi connectivity index (χ2n) is 5.43. The first-order chi connectivity index (χ1) is 11.3. The van der Waals surface area contributed by atoms with E-state index in [9.17, 15) is 0 Å². The summed E-state index contributed by atoms with van der Waals surface area (Å²) in [6.45, 7) is 2.70. The number of nitrogens with one attached hydrogen (secondary N) is 1. The minimum atomic E-state index is 0.742. The van der Waals surface area contributed by atoms with Gasteiger partial charge in [0.2, 0.25) is 0 Å². The summed E-state index contributed by atoms with van der Waals surface area (Å²) in [6, 6.07) is 12.3. The zero-order chi connectivity index (χ0) is 15.6. The van der Waals surface area contributed by atoms with E-state index < -0.39 is 0 Å². The number of H-pyrrole nitrogens is 1. The van der Waals surface area contributed by atoms with Crippen molar-refractivity contribution in [2.45, 2.75) is 19.9 Å². The molecule has 6 nitrogen and oxygen atoms in total. The Kier molecular flexibility index (Phi) is 3.34. The standard InChI is InChI=1S/C17H16N6/c1-12-15(16-14-7-9-18-17(14)20-11-19-16)22-23(21-12)10-8-13-5-3-2-4-6-13/h2-7,9,11H,8,10H2,1H3,(H,18,19,20). The van der Waals surface area contributed by atoms with Crippen LogP contribution in [0.15, 0.2) is 48.9 Å². The Hall–Kier alpha value is -3.02. The summed E-state index contributed by atoms with van der Waals surface area (Å²) >= 11 is 0. The number of aryl methyl sites for hydroxylation is 3. The number of hydrogen-bond acceptors (Lipinski definition) is 4. The van der Waals surface area contributed by atoms with Crippen LogP contribution in [0.5, 0.6) is 0 Å². The molecule has 1 aromatic carbocycles. The van der Waals surface area contributed by atoms with Crippen LogP contribution in [0.25, 0.3) is 22.4 Å². The highest BCUT2D eigenvalue weighted by Crippen LogP contribution is 2.24. The summed E-state index contributed by atoms with van der Waals surface area (Å²) in [5.74, 6) is 0. The van der Waals surface area contributed by atoms with Gasteiger partial charge in [0, 0.05) is 11.6 Å². The SMILES string of the molecule is Cc1nn(CCc2ccccc2)nc1-c1ncnc2[nH]ccc12. The molecule has 1 N–H and O–H groups in total. The first-order valence-corrected chi connectivity index (χ1v) is 7.55. The van der Waals surface area contributed by atoms with Crippen LogP contribution in [0.1, 0.15) is 11.3 Å². The molecule has 4 aromatic rings. The molecule has 0 saturated heterocycles. The fourth-order valence-electron chi connectivity index (χ4n) is 2.68. The van der Waals surface area contributed by atoms with Crippen LogP contribution in [0.2, 0.25) is 0 Å². The summed E-state index contributed by atoms with van der Waals surface area (Å²) in [5.41, 5.74) is 4.59. The fourth-order valence-corrected chi connectivity index (χ4v) is 2.68. The normalized spacial score (nSPS) is 11.2. The highest BCUT2D eigenvalue weighted by Gasteiger charge is 2.14. The number of rotatable bonds is 4. The predicted molar refractivity (Wildman–Crippen MR) is 87.8 cm³/mol. The van der Waals surface area contributed by atoms with Crippen LogP contribution >= 0.6 is 0 Å². The van der Waals surface area contributed by atoms with Crippen LogP contribution in [-0.4, -0.2) is 29.9 Å². The summed E-state index contributed by atoms with van der Waals surface area (Å²) in [5, 5.41) is 10.1. The van der Waals surface area contributed by atoms with E-state index in [4.69, 9.17) is 0 Å². The molecule has 4 rings (SSSR count). The third kappa shape index (κ3) is 2.59. The number of nitrogens with zero attached hydrogens (tertiary/aromatic N) is 5. The van der Waals surface area contributed by atoms with E-state index in [0.717, 1.165) is 41.1 Å². The summed E-state index contributed by atoms with van der Waals surface area (Å²) < 4.78 is 0. The smallest absolute Gasteiger partial charge is 0.141 e. The fraction of sp³-hybridized carbons (Fsp3) is 0.176. The molecule has 23 heavy (non-hydrogen) atoms. The van der Waals surface area contributed by atoms with Gasteiger partial charge in [-0.05, 0) is 25.0 Å². The Labute approximate surface area is 133 Å². The largest absolute Gasteiger partial charge is 0.346 e. The van der Waals surface area contributed by atoms with Crippen molar-refractivity contribution in [3.8, 4) is 11.4 Å². The van der Waals surface area contributed by atoms with E-state index in [0.29, 0.717) is 0 Å². The molecule has 0 spiro atoms. The van der Waals surface area contributed by atoms with Crippen molar-refractivity contribution in [2.24, 2.45) is 0 Å². The molecular weight excluding hydrogens is 288 g/mol. The first kappa shape index (κ1) is 13.6. The lowest BCUT2D eigenvalue weighted by molar-refractivity contribution is 0.535. The van der Waals surface area contributed by atoms with Crippen molar-refractivity contribution in [3.05, 3.63) is 60.2 Å². The highest BCUT2D eigenvalue weighted by molar-refractivity contribution is 5.89. The average Bonchev–Trinajstić information content (AvgIpc) is 3.20. The van der Waals surface area contributed by atoms with Crippen molar-refractivity contribution < 1.29 is 0 Å². The number of aromatic nitrogens is 6. The van der Waals surface area contributed by atoms with Gasteiger partial charge in [-0.3, -0.25) is 0 Å². The minimum absolute atomic E-state index is 0.742. The molecule has 0 amide bonds. The monoisotopic (exact) mass is 304 g/mol. The van der Waals surface area contributed by atoms with E-state index >= 15 is 0 Å². The van der Waals surface area contributed by atoms with Crippen molar-refractivity contribution in [1.82, 2.24) is 29.9 Å². The average molecular weight is 304 g/mol. The molecular formula is C17H16N6. The summed E-state index contributed by atoms with van der Waals surface area (Å²) in [4.78, 5) is 13.5. The maximum atomic E-state index is 4.63. The molecule has 3 heterocycles. The molecule has 0 atom stereocenters. The van der Waals surface area contributed by atoms with E-state index in [2.05, 4.69) is 37.3 Å². The van der Waals surface area contributed by atoms with Gasteiger partial charge in [-0.2, -0.15) is 15.0 Å². The maximum absolute atomic E-state index is 4.63. The van der Waals surface area contributed by atoms with E-state index in [-0.39, 0.29) is 0 Å². The third-order valence-corrected chi connectivity index (χ3v) is 3.85. The lowest BCUT2D eigenvalue weighted by Gasteiger charge is -2.00. The predicted octanol–water partition coefficient (Wildman–Crippen LogP) is 2.77. The van der Waals surface area contributed by atoms with Crippen molar-refractivity contribution in [3.63, 3.8) is 0 Å². The first-order valence-electron chi connectivity index (χ1n) is 7.55. The quantitative estimate of drug-likeness (QED) is 0.629. The molecule has 0 unspecified atom stereocenters. The van der Waals surface area contributed by atoms with Crippen molar-refractivity contribution in [1.29, 1.82) is 0 Å². The van der Waals surface area contributed by atoms with Gasteiger partial charge < -0.3 is 4.98 Å². The lowest BCUT2D eigenvalue weighted by Crippen LogP contribution is -2.05. The zero-order valence-electron chi connectivity index (χ0n) is 12.8. The Balaban J connectivity index is 1.64. The molecule has 6 heteroatoms. The van der Waals surface area contributed by atoms with E-state index in [1.807, 2.05) is 37.4 Å². The van der Waals surface area contributed by atoms with Crippen LogP contribution in [0, 0.1) is 6.92 Å². The van der Waals surface area contributed by atoms with E-state index in [1.165, 1.54) is 5.56 Å². The Bertz CT molecular complexity index is 938. The van der Waals surface area contributed by atoms with Crippen molar-refractivity contribution in [2.75, 3.05) is 0 Å². The Morgan fingerprint density at radius 2 is 1.87 bits per heavy atom. The van der Waals surface area contributed by atoms with E-state index in [1.54, 1.807) is 11.1 Å². The van der Waals surface area contributed by atoms with Gasteiger partial charge in [0.25, 0.3) is 0 Å². The van der Waals surface area contributed by atoms with Crippen LogP contribution in [0.3, 0.4) is 0 Å². The number of hydrogen-bond donors (Lipinski definition) is 1. The number of aromatic amines is 1. The summed E-state index contributed by atoms with van der Waals surface area (Å²) in [7, 11) is 0. The minimum Gasteiger partial charge on any atom is -0.346 e. The van der Waals surface area contributed by atoms with Crippen LogP contribution in [0.4, 0.5) is 0 Å². The zero-order valence-corrected chi connectivity index (χ0v) is 12.8. The second kappa shape index (κ2) is 5.64. The number of fused-ring (bicyclic) bond motifs is 1. The topological polar surface area (TPSA) is 72.3 Å². The van der Waals surface area contributed by atoms with Gasteiger partial charge in [0.05, 0.1) is 12.2 Å². The van der Waals surface area contributed by atoms with Crippen molar-refractivity contribution >= 4 is 11.0 Å². The summed E-state index contributed by atoms with van der Waals surface area (Å²) in [6.07, 6.45) is 4.31. The Morgan fingerprint density at radius 1 is 1.00 bits per heavy atom. The Morgan fingerprint density at radius 3 is 2.74 bits per heavy atom. The van der Waals surface area contributed by atoms with Gasteiger partial charge in [-0.25, -0.2) is 9.97 Å². The second-order valence-corrected chi connectivity index (χ2v) is 5.43. The molecule has 3 aromatic heterocycles. The third-order valence-electron chi connectivity index (χ3n) is 3.85. The highest BCUT2D eigenvalue weighted by atomic mass is 15.5. The molecule has 0 aliphatic rings. The molecule has 0 bridgehead atoms. The molecule has 0 saturated carbocycles. The number of benzene rings is 1. The van der Waals surface area contributed by atoms with Crippen LogP contribution < -0.4 is 0 Å². The van der Waals surface area contributed by atoms with Gasteiger partial charge in [-0.1, -0.05) is 30.3 Å². The van der Waals surface area contributed by atoms with Gasteiger partial charge in [0.15, 0.2) is 0 Å². The molecule has 0 radical (unpaired) electrons.